The SMILES string of the molecule is C#Cc1cccc(Cc2cc(=O)n3c(C4CC4)c(Cl)sc3n2)c1F. The van der Waals surface area contributed by atoms with Crippen molar-refractivity contribution in [3.63, 3.8) is 0 Å². The number of nitrogens with zero attached hydrogens (tertiary/aromatic N) is 2. The van der Waals surface area contributed by atoms with Gasteiger partial charge in [-0.15, -0.1) is 6.42 Å². The molecule has 3 aromatic rings. The molecule has 120 valence electrons. The topological polar surface area (TPSA) is 34.4 Å². The van der Waals surface area contributed by atoms with Crippen LogP contribution in [0.4, 0.5) is 4.39 Å². The minimum Gasteiger partial charge on any atom is -0.269 e. The average molecular weight is 359 g/mol. The lowest BCUT2D eigenvalue weighted by Gasteiger charge is -2.05. The van der Waals surface area contributed by atoms with Crippen molar-refractivity contribution in [2.24, 2.45) is 0 Å². The van der Waals surface area contributed by atoms with Crippen LogP contribution in [0.25, 0.3) is 4.96 Å². The fourth-order valence-electron chi connectivity index (χ4n) is 2.83. The van der Waals surface area contributed by atoms with E-state index in [4.69, 9.17) is 18.0 Å². The molecular weight excluding hydrogens is 347 g/mol. The molecule has 0 saturated heterocycles. The number of rotatable bonds is 3. The first-order valence-corrected chi connectivity index (χ1v) is 8.73. The zero-order valence-electron chi connectivity index (χ0n) is 12.6. The second-order valence-corrected chi connectivity index (χ2v) is 7.42. The number of benzene rings is 1. The third-order valence-electron chi connectivity index (χ3n) is 4.13. The van der Waals surface area contributed by atoms with Crippen LogP contribution in [0.1, 0.15) is 41.3 Å². The molecule has 0 spiro atoms. The molecule has 0 amide bonds. The van der Waals surface area contributed by atoms with Gasteiger partial charge in [-0.05, 0) is 24.5 Å². The van der Waals surface area contributed by atoms with E-state index in [0.717, 1.165) is 18.5 Å². The summed E-state index contributed by atoms with van der Waals surface area (Å²) in [6.45, 7) is 0. The van der Waals surface area contributed by atoms with Crippen molar-refractivity contribution in [3.05, 3.63) is 67.3 Å². The first-order valence-electron chi connectivity index (χ1n) is 7.53. The quantitative estimate of drug-likeness (QED) is 0.663. The fraction of sp³-hybridized carbons (Fsp3) is 0.222. The number of fused-ring (bicyclic) bond motifs is 1. The fourth-order valence-corrected chi connectivity index (χ4v) is 4.24. The van der Waals surface area contributed by atoms with Crippen LogP contribution in [0.15, 0.2) is 29.1 Å². The van der Waals surface area contributed by atoms with Gasteiger partial charge < -0.3 is 0 Å². The highest BCUT2D eigenvalue weighted by Gasteiger charge is 2.30. The Morgan fingerprint density at radius 3 is 2.96 bits per heavy atom. The monoisotopic (exact) mass is 358 g/mol. The molecule has 0 unspecified atom stereocenters. The third kappa shape index (κ3) is 2.52. The summed E-state index contributed by atoms with van der Waals surface area (Å²) in [7, 11) is 0. The molecule has 1 fully saturated rings. The molecule has 0 bridgehead atoms. The molecule has 1 saturated carbocycles. The average Bonchev–Trinajstić information content (AvgIpc) is 3.32. The van der Waals surface area contributed by atoms with Crippen LogP contribution >= 0.6 is 22.9 Å². The largest absolute Gasteiger partial charge is 0.269 e. The molecule has 24 heavy (non-hydrogen) atoms. The maximum atomic E-state index is 14.3. The van der Waals surface area contributed by atoms with Crippen molar-refractivity contribution in [2.75, 3.05) is 0 Å². The van der Waals surface area contributed by atoms with Crippen molar-refractivity contribution < 1.29 is 4.39 Å². The standard InChI is InChI=1S/C18H12ClFN2OS/c1-2-10-4-3-5-12(15(10)20)8-13-9-14(23)22-16(11-6-7-11)17(19)24-18(22)21-13/h1,3-5,9,11H,6-8H2. The number of thiazole rings is 1. The summed E-state index contributed by atoms with van der Waals surface area (Å²) in [5.74, 6) is 2.22. The van der Waals surface area contributed by atoms with Gasteiger partial charge in [0, 0.05) is 18.4 Å². The molecule has 0 N–H and O–H groups in total. The van der Waals surface area contributed by atoms with Crippen molar-refractivity contribution >= 4 is 27.9 Å². The Balaban J connectivity index is 1.79. The molecule has 2 aromatic heterocycles. The number of hydrogen-bond acceptors (Lipinski definition) is 3. The molecule has 2 heterocycles. The van der Waals surface area contributed by atoms with Gasteiger partial charge in [-0.2, -0.15) is 0 Å². The van der Waals surface area contributed by atoms with Crippen LogP contribution < -0.4 is 5.56 Å². The minimum absolute atomic E-state index is 0.173. The lowest BCUT2D eigenvalue weighted by molar-refractivity contribution is 0.610. The van der Waals surface area contributed by atoms with E-state index in [2.05, 4.69) is 10.9 Å². The van der Waals surface area contributed by atoms with E-state index in [9.17, 15) is 9.18 Å². The Kier molecular flexibility index (Phi) is 3.67. The molecule has 1 aromatic carbocycles. The smallest absolute Gasteiger partial charge is 0.259 e. The highest BCUT2D eigenvalue weighted by molar-refractivity contribution is 7.21. The maximum Gasteiger partial charge on any atom is 0.259 e. The van der Waals surface area contributed by atoms with Crippen LogP contribution in [0.5, 0.6) is 0 Å². The zero-order chi connectivity index (χ0) is 16.8. The number of terminal acetylenes is 1. The molecule has 0 atom stereocenters. The molecule has 6 heteroatoms. The van der Waals surface area contributed by atoms with Crippen LogP contribution in [0.2, 0.25) is 4.34 Å². The van der Waals surface area contributed by atoms with Crippen LogP contribution in [-0.4, -0.2) is 9.38 Å². The first kappa shape index (κ1) is 15.4. The molecule has 4 rings (SSSR count). The van der Waals surface area contributed by atoms with Crippen molar-refractivity contribution in [1.82, 2.24) is 9.38 Å². The lowest BCUT2D eigenvalue weighted by Crippen LogP contribution is -2.16. The van der Waals surface area contributed by atoms with E-state index in [1.807, 2.05) is 0 Å². The Bertz CT molecular complexity index is 1060. The Labute approximate surface area is 146 Å². The molecular formula is C18H12ClFN2OS. The Morgan fingerprint density at radius 2 is 2.25 bits per heavy atom. The molecule has 0 aliphatic heterocycles. The molecule has 1 aliphatic rings. The summed E-state index contributed by atoms with van der Waals surface area (Å²) in [4.78, 5) is 17.6. The summed E-state index contributed by atoms with van der Waals surface area (Å²) in [6, 6.07) is 6.35. The van der Waals surface area contributed by atoms with Crippen LogP contribution in [0.3, 0.4) is 0 Å². The van der Waals surface area contributed by atoms with Gasteiger partial charge in [0.1, 0.15) is 10.2 Å². The van der Waals surface area contributed by atoms with E-state index in [1.54, 1.807) is 22.6 Å². The van der Waals surface area contributed by atoms with E-state index < -0.39 is 5.82 Å². The van der Waals surface area contributed by atoms with Gasteiger partial charge >= 0.3 is 0 Å². The van der Waals surface area contributed by atoms with Gasteiger partial charge in [-0.1, -0.05) is 41.0 Å². The molecule has 3 nitrogen and oxygen atoms in total. The molecule has 1 aliphatic carbocycles. The summed E-state index contributed by atoms with van der Waals surface area (Å²) >= 11 is 7.58. The van der Waals surface area contributed by atoms with Gasteiger partial charge in [0.2, 0.25) is 0 Å². The first-order chi connectivity index (χ1) is 11.6. The third-order valence-corrected chi connectivity index (χ3v) is 5.40. The lowest BCUT2D eigenvalue weighted by atomic mass is 10.1. The predicted molar refractivity (Wildman–Crippen MR) is 93.5 cm³/mol. The van der Waals surface area contributed by atoms with Gasteiger partial charge in [-0.25, -0.2) is 9.37 Å². The summed E-state index contributed by atoms with van der Waals surface area (Å²) < 4.78 is 16.5. The molecule has 0 radical (unpaired) electrons. The van der Waals surface area contributed by atoms with E-state index >= 15 is 0 Å². The van der Waals surface area contributed by atoms with Gasteiger partial charge in [0.05, 0.1) is 17.0 Å². The van der Waals surface area contributed by atoms with E-state index in [0.29, 0.717) is 26.5 Å². The predicted octanol–water partition coefficient (Wildman–Crippen LogP) is 4.00. The normalized spacial score (nSPS) is 14.0. The summed E-state index contributed by atoms with van der Waals surface area (Å²) in [5, 5.41) is 0. The summed E-state index contributed by atoms with van der Waals surface area (Å²) in [6.07, 6.45) is 7.59. The van der Waals surface area contributed by atoms with Gasteiger partial charge in [-0.3, -0.25) is 9.20 Å². The second-order valence-electron chi connectivity index (χ2n) is 5.84. The second kappa shape index (κ2) is 5.73. The van der Waals surface area contributed by atoms with Crippen LogP contribution in [-0.2, 0) is 6.42 Å². The summed E-state index contributed by atoms with van der Waals surface area (Å²) in [5.41, 5.74) is 1.83. The van der Waals surface area contributed by atoms with Crippen molar-refractivity contribution in [2.45, 2.75) is 25.2 Å². The number of hydrogen-bond donors (Lipinski definition) is 0. The van der Waals surface area contributed by atoms with E-state index in [-0.39, 0.29) is 17.5 Å². The van der Waals surface area contributed by atoms with Crippen molar-refractivity contribution in [3.8, 4) is 12.3 Å². The number of aromatic nitrogens is 2. The van der Waals surface area contributed by atoms with E-state index in [1.165, 1.54) is 17.4 Å². The highest BCUT2D eigenvalue weighted by Crippen LogP contribution is 2.45. The van der Waals surface area contributed by atoms with Crippen LogP contribution in [0, 0.1) is 18.2 Å². The zero-order valence-corrected chi connectivity index (χ0v) is 14.1. The minimum atomic E-state index is -0.440. The highest BCUT2D eigenvalue weighted by atomic mass is 35.5. The Morgan fingerprint density at radius 1 is 1.46 bits per heavy atom. The maximum absolute atomic E-state index is 14.3. The van der Waals surface area contributed by atoms with Gasteiger partial charge in [0.15, 0.2) is 4.96 Å². The number of halogens is 2. The van der Waals surface area contributed by atoms with Crippen molar-refractivity contribution in [1.29, 1.82) is 0 Å². The van der Waals surface area contributed by atoms with Gasteiger partial charge in [0.25, 0.3) is 5.56 Å². The Hall–Kier alpha value is -2.16.